The number of anilines is 1. The van der Waals surface area contributed by atoms with Crippen LogP contribution < -0.4 is 9.46 Å². The van der Waals surface area contributed by atoms with Crippen LogP contribution in [-0.4, -0.2) is 46.7 Å². The van der Waals surface area contributed by atoms with E-state index in [-0.39, 0.29) is 6.04 Å². The summed E-state index contributed by atoms with van der Waals surface area (Å²) in [5.74, 6) is 2.06. The van der Waals surface area contributed by atoms with Crippen molar-refractivity contribution in [3.8, 4) is 5.88 Å². The molecule has 2 aliphatic rings. The van der Waals surface area contributed by atoms with Gasteiger partial charge in [-0.25, -0.2) is 9.97 Å². The predicted octanol–water partition coefficient (Wildman–Crippen LogP) is 5.01. The number of nitrogens with one attached hydrogen (secondary N) is 1. The second-order valence-electron chi connectivity index (χ2n) is 8.90. The highest BCUT2D eigenvalue weighted by molar-refractivity contribution is 8.00. The number of benzene rings is 1. The van der Waals surface area contributed by atoms with E-state index in [9.17, 15) is 0 Å². The van der Waals surface area contributed by atoms with Gasteiger partial charge in [-0.2, -0.15) is 0 Å². The Hall–Kier alpha value is -2.68. The van der Waals surface area contributed by atoms with E-state index in [1.54, 1.807) is 19.1 Å². The molecule has 1 N–H and O–H groups in total. The topological polar surface area (TPSA) is 72.4 Å². The first kappa shape index (κ1) is 23.1. The molecule has 0 radical (unpaired) electrons. The number of nitrogens with zero attached hydrogens (tertiary/aromatic N) is 4. The number of methoxy groups -OCH3 is 1. The highest BCUT2D eigenvalue weighted by atomic mass is 32.2. The fourth-order valence-corrected chi connectivity index (χ4v) is 4.87. The summed E-state index contributed by atoms with van der Waals surface area (Å²) in [7, 11) is 1.67. The normalized spacial score (nSPS) is 16.6. The minimum atomic E-state index is 0.281. The minimum absolute atomic E-state index is 0.281. The van der Waals surface area contributed by atoms with Crippen molar-refractivity contribution in [3.63, 3.8) is 0 Å². The maximum atomic E-state index is 5.59. The van der Waals surface area contributed by atoms with Crippen molar-refractivity contribution < 1.29 is 9.47 Å². The van der Waals surface area contributed by atoms with Gasteiger partial charge in [0.25, 0.3) is 0 Å². The lowest BCUT2D eigenvalue weighted by Gasteiger charge is -2.34. The van der Waals surface area contributed by atoms with E-state index in [4.69, 9.17) is 9.47 Å². The highest BCUT2D eigenvalue weighted by Gasteiger charge is 2.25. The Morgan fingerprint density at radius 2 is 1.97 bits per heavy atom. The largest absolute Gasteiger partial charge is 0.475 e. The van der Waals surface area contributed by atoms with Crippen molar-refractivity contribution in [2.75, 3.05) is 31.6 Å². The van der Waals surface area contributed by atoms with E-state index >= 15 is 0 Å². The summed E-state index contributed by atoms with van der Waals surface area (Å²) in [4.78, 5) is 17.2. The molecule has 3 aromatic rings. The van der Waals surface area contributed by atoms with E-state index in [1.165, 1.54) is 34.4 Å². The van der Waals surface area contributed by atoms with E-state index in [0.29, 0.717) is 25.0 Å². The Labute approximate surface area is 205 Å². The maximum Gasteiger partial charge on any atom is 0.213 e. The zero-order valence-corrected chi connectivity index (χ0v) is 20.6. The Bertz CT molecular complexity index is 1090. The standard InChI is InChI=1S/C26H31N5O2S/c1-18(21-6-8-26(29-14-21)33-12-11-32-2)31-10-9-19-5-7-23(13-22(19)17-31)34-30-25-16-27-24(15-28-25)20-3-4-20/h5-8,13-16,18,20H,3-4,9-12,17H2,1-2H3,(H,28,30). The van der Waals surface area contributed by atoms with Crippen molar-refractivity contribution >= 4 is 17.8 Å². The number of aromatic nitrogens is 3. The fraction of sp³-hybridized carbons (Fsp3) is 0.423. The van der Waals surface area contributed by atoms with Gasteiger partial charge >= 0.3 is 0 Å². The van der Waals surface area contributed by atoms with Gasteiger partial charge in [-0.15, -0.1) is 0 Å². The summed E-state index contributed by atoms with van der Waals surface area (Å²) >= 11 is 1.59. The van der Waals surface area contributed by atoms with Gasteiger partial charge in [0.15, 0.2) is 5.82 Å². The monoisotopic (exact) mass is 477 g/mol. The summed E-state index contributed by atoms with van der Waals surface area (Å²) < 4.78 is 14.0. The van der Waals surface area contributed by atoms with Crippen molar-refractivity contribution in [2.45, 2.75) is 49.6 Å². The molecule has 2 aromatic heterocycles. The van der Waals surface area contributed by atoms with Crippen molar-refractivity contribution in [1.82, 2.24) is 19.9 Å². The lowest BCUT2D eigenvalue weighted by molar-refractivity contribution is 0.143. The third kappa shape index (κ3) is 5.68. The molecular weight excluding hydrogens is 446 g/mol. The first-order valence-corrected chi connectivity index (χ1v) is 12.7. The molecule has 1 fully saturated rings. The average molecular weight is 478 g/mol. The molecule has 0 bridgehead atoms. The van der Waals surface area contributed by atoms with Crippen molar-refractivity contribution in [1.29, 1.82) is 0 Å². The van der Waals surface area contributed by atoms with Crippen LogP contribution in [0.2, 0.25) is 0 Å². The second-order valence-corrected chi connectivity index (χ2v) is 9.78. The van der Waals surface area contributed by atoms with Crippen LogP contribution in [0.15, 0.2) is 53.8 Å². The van der Waals surface area contributed by atoms with E-state index in [2.05, 4.69) is 55.8 Å². The van der Waals surface area contributed by atoms with E-state index in [0.717, 1.165) is 31.0 Å². The quantitative estimate of drug-likeness (QED) is 0.323. The summed E-state index contributed by atoms with van der Waals surface area (Å²) in [5.41, 5.74) is 5.12. The molecule has 34 heavy (non-hydrogen) atoms. The van der Waals surface area contributed by atoms with Crippen LogP contribution in [0.1, 0.15) is 54.1 Å². The Kier molecular flexibility index (Phi) is 7.27. The summed E-state index contributed by atoms with van der Waals surface area (Å²) in [6.45, 7) is 5.27. The molecule has 0 spiro atoms. The van der Waals surface area contributed by atoms with Crippen LogP contribution in [0.25, 0.3) is 0 Å². The molecular formula is C26H31N5O2S. The van der Waals surface area contributed by atoms with Crippen LogP contribution in [0, 0.1) is 0 Å². The number of ether oxygens (including phenoxy) is 2. The van der Waals surface area contributed by atoms with E-state index < -0.39 is 0 Å². The lowest BCUT2D eigenvalue weighted by Crippen LogP contribution is -2.33. The Morgan fingerprint density at radius 3 is 2.71 bits per heavy atom. The average Bonchev–Trinajstić information content (AvgIpc) is 3.73. The number of rotatable bonds is 10. The molecule has 178 valence electrons. The van der Waals surface area contributed by atoms with E-state index in [1.807, 2.05) is 24.7 Å². The van der Waals surface area contributed by atoms with Crippen LogP contribution in [0.3, 0.4) is 0 Å². The van der Waals surface area contributed by atoms with Crippen molar-refractivity contribution in [3.05, 3.63) is 71.3 Å². The number of pyridine rings is 1. The first-order chi connectivity index (χ1) is 16.7. The highest BCUT2D eigenvalue weighted by Crippen LogP contribution is 2.38. The molecule has 3 heterocycles. The zero-order valence-electron chi connectivity index (χ0n) is 19.7. The van der Waals surface area contributed by atoms with Gasteiger partial charge in [-0.1, -0.05) is 12.1 Å². The number of hydrogen-bond acceptors (Lipinski definition) is 8. The molecule has 0 saturated heterocycles. The molecule has 1 aromatic carbocycles. The van der Waals surface area contributed by atoms with Gasteiger partial charge in [0, 0.05) is 49.3 Å². The van der Waals surface area contributed by atoms with Crippen LogP contribution in [0.4, 0.5) is 5.82 Å². The van der Waals surface area contributed by atoms with Gasteiger partial charge in [0.05, 0.1) is 24.7 Å². The Balaban J connectivity index is 1.18. The van der Waals surface area contributed by atoms with Gasteiger partial charge < -0.3 is 14.2 Å². The molecule has 1 unspecified atom stereocenters. The smallest absolute Gasteiger partial charge is 0.213 e. The number of fused-ring (bicyclic) bond motifs is 1. The summed E-state index contributed by atoms with van der Waals surface area (Å²) in [6, 6.07) is 11.1. The zero-order chi connectivity index (χ0) is 23.3. The van der Waals surface area contributed by atoms with Crippen LogP contribution >= 0.6 is 11.9 Å². The van der Waals surface area contributed by atoms with Crippen LogP contribution in [0.5, 0.6) is 5.88 Å². The molecule has 0 amide bonds. The lowest BCUT2D eigenvalue weighted by atomic mass is 9.97. The molecule has 1 aliphatic heterocycles. The summed E-state index contributed by atoms with van der Waals surface area (Å²) in [5, 5.41) is 0. The maximum absolute atomic E-state index is 5.59. The van der Waals surface area contributed by atoms with Gasteiger partial charge in [0.2, 0.25) is 5.88 Å². The van der Waals surface area contributed by atoms with Gasteiger partial charge in [-0.3, -0.25) is 9.88 Å². The molecule has 5 rings (SSSR count). The first-order valence-electron chi connectivity index (χ1n) is 11.9. The molecule has 8 heteroatoms. The Morgan fingerprint density at radius 1 is 1.06 bits per heavy atom. The van der Waals surface area contributed by atoms with Crippen molar-refractivity contribution in [2.24, 2.45) is 0 Å². The fourth-order valence-electron chi connectivity index (χ4n) is 4.21. The predicted molar refractivity (Wildman–Crippen MR) is 134 cm³/mol. The molecule has 7 nitrogen and oxygen atoms in total. The molecule has 1 atom stereocenters. The molecule has 1 aliphatic carbocycles. The molecule has 1 saturated carbocycles. The SMILES string of the molecule is COCCOc1ccc(C(C)N2CCc3ccc(SNc4cnc(C5CC5)cn4)cc3C2)cn1. The summed E-state index contributed by atoms with van der Waals surface area (Å²) in [6.07, 6.45) is 9.20. The third-order valence-corrected chi connectivity index (χ3v) is 7.29. The second kappa shape index (κ2) is 10.7. The third-order valence-electron chi connectivity index (χ3n) is 6.49. The van der Waals surface area contributed by atoms with Gasteiger partial charge in [0.1, 0.15) is 6.61 Å². The van der Waals surface area contributed by atoms with Crippen LogP contribution in [-0.2, 0) is 17.7 Å². The minimum Gasteiger partial charge on any atom is -0.475 e. The number of hydrogen-bond donors (Lipinski definition) is 1. The van der Waals surface area contributed by atoms with Gasteiger partial charge in [-0.05, 0) is 67.0 Å².